The molecular formula is C102H62N8O2. The second kappa shape index (κ2) is 26.3. The highest BCUT2D eigenvalue weighted by Crippen LogP contribution is 2.46. The normalized spacial score (nSPS) is 11.8. The van der Waals surface area contributed by atoms with Crippen molar-refractivity contribution in [3.63, 3.8) is 0 Å². The van der Waals surface area contributed by atoms with Crippen molar-refractivity contribution in [2.45, 2.75) is 0 Å². The molecule has 0 amide bonds. The summed E-state index contributed by atoms with van der Waals surface area (Å²) < 4.78 is 17.9. The van der Waals surface area contributed by atoms with Crippen LogP contribution < -0.4 is 0 Å². The van der Waals surface area contributed by atoms with Gasteiger partial charge in [-0.1, -0.05) is 297 Å². The summed E-state index contributed by atoms with van der Waals surface area (Å²) >= 11 is 0. The van der Waals surface area contributed by atoms with Crippen LogP contribution in [0.25, 0.3) is 222 Å². The van der Waals surface area contributed by atoms with E-state index in [4.69, 9.17) is 38.7 Å². The Bertz CT molecular complexity index is 7610. The highest BCUT2D eigenvalue weighted by molar-refractivity contribution is 6.25. The van der Waals surface area contributed by atoms with Gasteiger partial charge in [0.05, 0.1) is 22.1 Å². The van der Waals surface area contributed by atoms with Crippen LogP contribution in [0.5, 0.6) is 0 Å². The molecule has 0 N–H and O–H groups in total. The van der Waals surface area contributed by atoms with E-state index in [1.54, 1.807) is 0 Å². The molecule has 0 saturated carbocycles. The number of furan rings is 2. The van der Waals surface area contributed by atoms with Gasteiger partial charge < -0.3 is 8.83 Å². The lowest BCUT2D eigenvalue weighted by Crippen LogP contribution is -2.06. The van der Waals surface area contributed by atoms with E-state index < -0.39 is 0 Å². The Morgan fingerprint density at radius 3 is 0.911 bits per heavy atom. The van der Waals surface area contributed by atoms with E-state index >= 15 is 0 Å². The number of hydrogen-bond acceptors (Lipinski definition) is 8. The third-order valence-corrected chi connectivity index (χ3v) is 21.9. The first-order valence-electron chi connectivity index (χ1n) is 37.6. The van der Waals surface area contributed by atoms with Crippen molar-refractivity contribution in [3.05, 3.63) is 376 Å². The predicted octanol–water partition coefficient (Wildman–Crippen LogP) is 26.5. The minimum absolute atomic E-state index is 0.564. The molecule has 0 aliphatic rings. The molecule has 23 rings (SSSR count). The largest absolute Gasteiger partial charge is 0.455 e. The minimum Gasteiger partial charge on any atom is -0.455 e. The van der Waals surface area contributed by atoms with Crippen molar-refractivity contribution in [1.29, 1.82) is 0 Å². The van der Waals surface area contributed by atoms with Crippen molar-refractivity contribution in [1.82, 2.24) is 39.0 Å². The minimum atomic E-state index is 0.564. The number of fused-ring (bicyclic) bond motifs is 17. The third-order valence-electron chi connectivity index (χ3n) is 21.9. The molecule has 23 aromatic rings. The fraction of sp³-hybridized carbons (Fsp3) is 0. The second-order valence-corrected chi connectivity index (χ2v) is 28.4. The summed E-state index contributed by atoms with van der Waals surface area (Å²) in [5, 5.41) is 15.7. The molecular weight excluding hydrogens is 1370 g/mol. The molecule has 0 aliphatic carbocycles. The van der Waals surface area contributed by atoms with Crippen LogP contribution in [0.3, 0.4) is 0 Å². The zero-order chi connectivity index (χ0) is 73.7. The fourth-order valence-electron chi connectivity index (χ4n) is 16.5. The molecule has 112 heavy (non-hydrogen) atoms. The summed E-state index contributed by atoms with van der Waals surface area (Å²) in [6, 6.07) is 131. The Hall–Kier alpha value is -15.3. The zero-order valence-corrected chi connectivity index (χ0v) is 60.2. The van der Waals surface area contributed by atoms with E-state index in [2.05, 4.69) is 319 Å². The summed E-state index contributed by atoms with van der Waals surface area (Å²) in [6.45, 7) is 0. The Labute approximate surface area is 641 Å². The second-order valence-electron chi connectivity index (χ2n) is 28.4. The summed E-state index contributed by atoms with van der Waals surface area (Å²) in [5.41, 5.74) is 20.2. The number of benzene rings is 17. The van der Waals surface area contributed by atoms with Crippen LogP contribution >= 0.6 is 0 Å². The molecule has 6 aromatic heterocycles. The molecule has 0 saturated heterocycles. The van der Waals surface area contributed by atoms with Crippen LogP contribution in [0.1, 0.15) is 0 Å². The number of rotatable bonds is 10. The molecule has 10 nitrogen and oxygen atoms in total. The molecule has 0 radical (unpaired) electrons. The molecule has 522 valence electrons. The van der Waals surface area contributed by atoms with Gasteiger partial charge in [-0.15, -0.1) is 0 Å². The SMILES string of the molecule is c1ccc(-c2ccc(-c3cc4ccccc4c4c3oc3ccc(-c5nc(-c6ccccc6)nc(-n6c7ccccc7c7cc8ccccc8cc76)n5)cc34)cc2)cc1.c1ccc(-c2ccc(-c3cc4ccccc4c4c3oc3ccc(-c5nc(-c6ccccc6)nc(-n6c7ccccc7c7ccccc76)n5)cc34)cc2)cc1. The molecule has 0 fully saturated rings. The zero-order valence-electron chi connectivity index (χ0n) is 60.2. The van der Waals surface area contributed by atoms with Crippen LogP contribution in [0, 0.1) is 0 Å². The van der Waals surface area contributed by atoms with E-state index in [0.29, 0.717) is 35.2 Å². The van der Waals surface area contributed by atoms with Crippen LogP contribution in [0.4, 0.5) is 0 Å². The maximum absolute atomic E-state index is 6.80. The summed E-state index contributed by atoms with van der Waals surface area (Å²) in [5.74, 6) is 3.53. The molecule has 0 aliphatic heterocycles. The first kappa shape index (κ1) is 64.0. The van der Waals surface area contributed by atoms with Crippen LogP contribution in [0.2, 0.25) is 0 Å². The van der Waals surface area contributed by atoms with Crippen molar-refractivity contribution >= 4 is 120 Å². The maximum atomic E-state index is 6.80. The predicted molar refractivity (Wildman–Crippen MR) is 459 cm³/mol. The van der Waals surface area contributed by atoms with Crippen LogP contribution in [-0.2, 0) is 0 Å². The van der Waals surface area contributed by atoms with Crippen molar-refractivity contribution < 1.29 is 8.83 Å². The average molecular weight is 1430 g/mol. The lowest BCUT2D eigenvalue weighted by Gasteiger charge is -2.11. The van der Waals surface area contributed by atoms with Gasteiger partial charge in [-0.05, 0) is 145 Å². The average Bonchev–Trinajstić information content (AvgIpc) is 1.58. The lowest BCUT2D eigenvalue weighted by molar-refractivity contribution is 0.670. The number of para-hydroxylation sites is 3. The third kappa shape index (κ3) is 10.9. The highest BCUT2D eigenvalue weighted by atomic mass is 16.3. The Kier molecular flexibility index (Phi) is 15.0. The van der Waals surface area contributed by atoms with Gasteiger partial charge in [0.2, 0.25) is 11.9 Å². The van der Waals surface area contributed by atoms with Gasteiger partial charge in [0.1, 0.15) is 22.3 Å². The molecule has 0 atom stereocenters. The van der Waals surface area contributed by atoms with Gasteiger partial charge in [-0.3, -0.25) is 9.13 Å². The lowest BCUT2D eigenvalue weighted by atomic mass is 9.95. The van der Waals surface area contributed by atoms with Crippen LogP contribution in [0.15, 0.2) is 385 Å². The number of nitrogens with zero attached hydrogens (tertiary/aromatic N) is 8. The summed E-state index contributed by atoms with van der Waals surface area (Å²) in [4.78, 5) is 31.1. The van der Waals surface area contributed by atoms with E-state index in [-0.39, 0.29) is 0 Å². The van der Waals surface area contributed by atoms with E-state index in [0.717, 1.165) is 159 Å². The summed E-state index contributed by atoms with van der Waals surface area (Å²) in [6.07, 6.45) is 0. The van der Waals surface area contributed by atoms with Crippen molar-refractivity contribution in [3.8, 4) is 102 Å². The molecule has 17 aromatic carbocycles. The monoisotopic (exact) mass is 1430 g/mol. The van der Waals surface area contributed by atoms with Crippen molar-refractivity contribution in [2.24, 2.45) is 0 Å². The Balaban J connectivity index is 0.000000138. The molecule has 0 bridgehead atoms. The molecule has 10 heteroatoms. The highest BCUT2D eigenvalue weighted by Gasteiger charge is 2.25. The Morgan fingerprint density at radius 2 is 0.491 bits per heavy atom. The Morgan fingerprint density at radius 1 is 0.188 bits per heavy atom. The first-order valence-corrected chi connectivity index (χ1v) is 37.6. The van der Waals surface area contributed by atoms with E-state index in [9.17, 15) is 0 Å². The van der Waals surface area contributed by atoms with Gasteiger partial charge in [0.25, 0.3) is 0 Å². The van der Waals surface area contributed by atoms with Gasteiger partial charge in [-0.2, -0.15) is 19.9 Å². The van der Waals surface area contributed by atoms with Gasteiger partial charge in [0.15, 0.2) is 23.3 Å². The number of aromatic nitrogens is 8. The van der Waals surface area contributed by atoms with E-state index in [1.807, 2.05) is 66.7 Å². The van der Waals surface area contributed by atoms with Crippen molar-refractivity contribution in [2.75, 3.05) is 0 Å². The number of hydrogen-bond donors (Lipinski definition) is 0. The smallest absolute Gasteiger partial charge is 0.238 e. The molecule has 0 unspecified atom stereocenters. The topological polar surface area (TPSA) is 113 Å². The maximum Gasteiger partial charge on any atom is 0.238 e. The fourth-order valence-corrected chi connectivity index (χ4v) is 16.5. The molecule has 0 spiro atoms. The quantitative estimate of drug-likeness (QED) is 0.133. The van der Waals surface area contributed by atoms with E-state index in [1.165, 1.54) is 27.6 Å². The van der Waals surface area contributed by atoms with Gasteiger partial charge >= 0.3 is 0 Å². The van der Waals surface area contributed by atoms with Gasteiger partial charge in [0, 0.05) is 76.5 Å². The first-order chi connectivity index (χ1) is 55.5. The summed E-state index contributed by atoms with van der Waals surface area (Å²) in [7, 11) is 0. The van der Waals surface area contributed by atoms with Crippen LogP contribution in [-0.4, -0.2) is 39.0 Å². The van der Waals surface area contributed by atoms with Gasteiger partial charge in [-0.25, -0.2) is 9.97 Å². The standard InChI is InChI=1S/C53H32N4O.C49H30N4O/c1-3-13-33(14-4-1)34-23-25-35(26-24-34)43-30-39-19-9-10-20-41(39)49-45-31-40(27-28-48(45)58-50(43)49)52-54-51(36-15-5-2-6-16-36)55-53(56-52)57-46-22-12-11-21-42(46)44-29-37-17-7-8-18-38(37)32-47(44)57;1-3-13-31(14-4-1)32-23-25-33(26-24-32)40-29-35-17-7-8-18-37(35)45-41-30-36(27-28-44(41)54-46(40)45)48-50-47(34-15-5-2-6-16-34)51-49(52-48)53-42-21-11-9-19-38(42)39-20-10-12-22-43(39)53/h1-32H;1-30H. The molecule has 6 heterocycles.